The smallest absolute Gasteiger partial charge is 0.205 e. The van der Waals surface area contributed by atoms with E-state index >= 15 is 0 Å². The SMILES string of the molecule is CCc1nsc(N(CC)CCN)n1. The van der Waals surface area contributed by atoms with Crippen LogP contribution in [0.2, 0.25) is 0 Å². The maximum absolute atomic E-state index is 5.50. The lowest BCUT2D eigenvalue weighted by atomic mass is 10.5. The summed E-state index contributed by atoms with van der Waals surface area (Å²) < 4.78 is 4.23. The molecular weight excluding hydrogens is 184 g/mol. The predicted molar refractivity (Wildman–Crippen MR) is 56.2 cm³/mol. The number of nitrogens with two attached hydrogens (primary N) is 1. The largest absolute Gasteiger partial charge is 0.346 e. The Morgan fingerprint density at radius 2 is 2.23 bits per heavy atom. The molecule has 74 valence electrons. The van der Waals surface area contributed by atoms with E-state index in [4.69, 9.17) is 5.73 Å². The third-order valence-electron chi connectivity index (χ3n) is 1.82. The summed E-state index contributed by atoms with van der Waals surface area (Å²) in [6.45, 7) is 6.62. The summed E-state index contributed by atoms with van der Waals surface area (Å²) in [7, 11) is 0. The molecule has 5 heteroatoms. The van der Waals surface area contributed by atoms with Crippen LogP contribution in [0.15, 0.2) is 0 Å². The van der Waals surface area contributed by atoms with Gasteiger partial charge < -0.3 is 10.6 Å². The van der Waals surface area contributed by atoms with Crippen molar-refractivity contribution in [2.75, 3.05) is 24.5 Å². The van der Waals surface area contributed by atoms with Gasteiger partial charge in [0, 0.05) is 37.6 Å². The third-order valence-corrected chi connectivity index (χ3v) is 2.64. The molecule has 4 nitrogen and oxygen atoms in total. The highest BCUT2D eigenvalue weighted by atomic mass is 32.1. The second-order valence-corrected chi connectivity index (χ2v) is 3.45. The molecule has 1 aromatic rings. The van der Waals surface area contributed by atoms with Crippen molar-refractivity contribution < 1.29 is 0 Å². The number of hydrogen-bond acceptors (Lipinski definition) is 5. The number of hydrogen-bond donors (Lipinski definition) is 1. The highest BCUT2D eigenvalue weighted by Crippen LogP contribution is 2.16. The Morgan fingerprint density at radius 3 is 2.69 bits per heavy atom. The van der Waals surface area contributed by atoms with Crippen LogP contribution in [0, 0.1) is 0 Å². The van der Waals surface area contributed by atoms with Gasteiger partial charge in [0.1, 0.15) is 5.82 Å². The Hall–Kier alpha value is -0.680. The minimum Gasteiger partial charge on any atom is -0.346 e. The molecule has 0 fully saturated rings. The lowest BCUT2D eigenvalue weighted by Crippen LogP contribution is -2.28. The zero-order valence-corrected chi connectivity index (χ0v) is 8.97. The van der Waals surface area contributed by atoms with Gasteiger partial charge in [0.2, 0.25) is 5.13 Å². The van der Waals surface area contributed by atoms with E-state index < -0.39 is 0 Å². The first-order valence-corrected chi connectivity index (χ1v) is 5.36. The summed E-state index contributed by atoms with van der Waals surface area (Å²) in [5, 5.41) is 0.991. The van der Waals surface area contributed by atoms with Crippen LogP contribution in [0.4, 0.5) is 5.13 Å². The topological polar surface area (TPSA) is 55.0 Å². The molecule has 0 aliphatic carbocycles. The first-order chi connectivity index (χ1) is 6.31. The third kappa shape index (κ3) is 2.63. The molecule has 0 aromatic carbocycles. The Balaban J connectivity index is 2.67. The summed E-state index contributed by atoms with van der Waals surface area (Å²) in [5.74, 6) is 0.926. The molecule has 2 N–H and O–H groups in total. The Kier molecular flexibility index (Phi) is 4.11. The van der Waals surface area contributed by atoms with Crippen molar-refractivity contribution in [3.8, 4) is 0 Å². The van der Waals surface area contributed by atoms with Crippen molar-refractivity contribution in [1.29, 1.82) is 0 Å². The van der Waals surface area contributed by atoms with Crippen molar-refractivity contribution in [3.05, 3.63) is 5.82 Å². The molecule has 0 amide bonds. The molecule has 0 spiro atoms. The van der Waals surface area contributed by atoms with Crippen molar-refractivity contribution in [2.24, 2.45) is 5.73 Å². The van der Waals surface area contributed by atoms with Gasteiger partial charge in [-0.2, -0.15) is 4.37 Å². The van der Waals surface area contributed by atoms with E-state index in [1.165, 1.54) is 11.5 Å². The van der Waals surface area contributed by atoms with Gasteiger partial charge in [0.15, 0.2) is 0 Å². The standard InChI is InChI=1S/C8H16N4S/c1-3-7-10-8(13-11-7)12(4-2)6-5-9/h3-6,9H2,1-2H3. The molecule has 1 rings (SSSR count). The van der Waals surface area contributed by atoms with Gasteiger partial charge in [-0.15, -0.1) is 0 Å². The summed E-state index contributed by atoms with van der Waals surface area (Å²) in [6.07, 6.45) is 0.899. The maximum atomic E-state index is 5.50. The molecule has 0 aliphatic rings. The van der Waals surface area contributed by atoms with Crippen molar-refractivity contribution in [3.63, 3.8) is 0 Å². The lowest BCUT2D eigenvalue weighted by molar-refractivity contribution is 0.807. The molecule has 1 aromatic heterocycles. The first kappa shape index (κ1) is 10.4. The van der Waals surface area contributed by atoms with Gasteiger partial charge in [-0.1, -0.05) is 6.92 Å². The van der Waals surface area contributed by atoms with Crippen molar-refractivity contribution >= 4 is 16.7 Å². The van der Waals surface area contributed by atoms with E-state index in [1.807, 2.05) is 0 Å². The molecule has 0 saturated carbocycles. The molecular formula is C8H16N4S. The van der Waals surface area contributed by atoms with E-state index in [1.54, 1.807) is 0 Å². The fourth-order valence-electron chi connectivity index (χ4n) is 1.06. The zero-order chi connectivity index (χ0) is 9.68. The van der Waals surface area contributed by atoms with Gasteiger partial charge in [-0.25, -0.2) is 4.98 Å². The summed E-state index contributed by atoms with van der Waals surface area (Å²) >= 11 is 1.46. The quantitative estimate of drug-likeness (QED) is 0.767. The van der Waals surface area contributed by atoms with Crippen LogP contribution < -0.4 is 10.6 Å². The van der Waals surface area contributed by atoms with E-state index in [9.17, 15) is 0 Å². The van der Waals surface area contributed by atoms with Crippen LogP contribution in [0.1, 0.15) is 19.7 Å². The van der Waals surface area contributed by atoms with Gasteiger partial charge >= 0.3 is 0 Å². The fourth-order valence-corrected chi connectivity index (χ4v) is 1.90. The van der Waals surface area contributed by atoms with Crippen LogP contribution >= 0.6 is 11.5 Å². The fraction of sp³-hybridized carbons (Fsp3) is 0.750. The molecule has 0 bridgehead atoms. The number of nitrogens with zero attached hydrogens (tertiary/aromatic N) is 3. The van der Waals surface area contributed by atoms with E-state index in [2.05, 4.69) is 28.1 Å². The molecule has 1 heterocycles. The van der Waals surface area contributed by atoms with Crippen LogP contribution in [0.3, 0.4) is 0 Å². The minimum absolute atomic E-state index is 0.662. The molecule has 0 unspecified atom stereocenters. The van der Waals surface area contributed by atoms with Crippen LogP contribution in [-0.4, -0.2) is 29.0 Å². The number of anilines is 1. The van der Waals surface area contributed by atoms with Gasteiger partial charge in [-0.05, 0) is 6.92 Å². The van der Waals surface area contributed by atoms with Crippen molar-refractivity contribution in [2.45, 2.75) is 20.3 Å². The molecule has 0 atom stereocenters. The highest BCUT2D eigenvalue weighted by molar-refractivity contribution is 7.09. The first-order valence-electron chi connectivity index (χ1n) is 4.59. The second kappa shape index (κ2) is 5.14. The lowest BCUT2D eigenvalue weighted by Gasteiger charge is -2.17. The van der Waals surface area contributed by atoms with Gasteiger partial charge in [0.05, 0.1) is 0 Å². The monoisotopic (exact) mass is 200 g/mol. The van der Waals surface area contributed by atoms with E-state index in [0.717, 1.165) is 30.5 Å². The molecule has 13 heavy (non-hydrogen) atoms. The Bertz CT molecular complexity index is 248. The summed E-state index contributed by atoms with van der Waals surface area (Å²) in [6, 6.07) is 0. The normalized spacial score (nSPS) is 10.4. The maximum Gasteiger partial charge on any atom is 0.205 e. The van der Waals surface area contributed by atoms with Crippen molar-refractivity contribution in [1.82, 2.24) is 9.36 Å². The average molecular weight is 200 g/mol. The van der Waals surface area contributed by atoms with E-state index in [0.29, 0.717) is 6.54 Å². The van der Waals surface area contributed by atoms with Gasteiger partial charge in [-0.3, -0.25) is 0 Å². The predicted octanol–water partition coefficient (Wildman–Crippen LogP) is 0.885. The number of likely N-dealkylation sites (N-methyl/N-ethyl adjacent to an activating group) is 1. The zero-order valence-electron chi connectivity index (χ0n) is 8.16. The summed E-state index contributed by atoms with van der Waals surface area (Å²) in [5.41, 5.74) is 5.50. The molecule has 0 radical (unpaired) electrons. The van der Waals surface area contributed by atoms with Crippen LogP contribution in [0.25, 0.3) is 0 Å². The average Bonchev–Trinajstić information content (AvgIpc) is 2.62. The number of aromatic nitrogens is 2. The minimum atomic E-state index is 0.662. The Labute approximate surface area is 82.9 Å². The molecule has 0 saturated heterocycles. The molecule has 0 aliphatic heterocycles. The number of aryl methyl sites for hydroxylation is 1. The Morgan fingerprint density at radius 1 is 1.46 bits per heavy atom. The van der Waals surface area contributed by atoms with Gasteiger partial charge in [0.25, 0.3) is 0 Å². The highest BCUT2D eigenvalue weighted by Gasteiger charge is 2.08. The van der Waals surface area contributed by atoms with E-state index in [-0.39, 0.29) is 0 Å². The summed E-state index contributed by atoms with van der Waals surface area (Å²) in [4.78, 5) is 6.55. The second-order valence-electron chi connectivity index (χ2n) is 2.72. The number of rotatable bonds is 5. The van der Waals surface area contributed by atoms with Crippen LogP contribution in [0.5, 0.6) is 0 Å². The van der Waals surface area contributed by atoms with Crippen LogP contribution in [-0.2, 0) is 6.42 Å².